The smallest absolute Gasteiger partial charge is 0.341 e. The van der Waals surface area contributed by atoms with Crippen molar-refractivity contribution in [3.05, 3.63) is 29.2 Å². The molecule has 1 heterocycles. The fourth-order valence-corrected chi connectivity index (χ4v) is 3.43. The Hall–Kier alpha value is -1.67. The molecule has 0 aliphatic carbocycles. The molecule has 1 aromatic heterocycles. The van der Waals surface area contributed by atoms with Crippen molar-refractivity contribution in [3.8, 4) is 0 Å². The first-order chi connectivity index (χ1) is 9.79. The number of esters is 1. The van der Waals surface area contributed by atoms with E-state index < -0.39 is 27.5 Å². The Bertz CT molecular complexity index is 646. The normalized spacial score (nSPS) is 11.0. The molecule has 1 amide bonds. The Morgan fingerprint density at radius 1 is 1.48 bits per heavy atom. The largest absolute Gasteiger partial charge is 0.462 e. The van der Waals surface area contributed by atoms with Gasteiger partial charge in [0.05, 0.1) is 17.9 Å². The van der Waals surface area contributed by atoms with Gasteiger partial charge in [-0.1, -0.05) is 6.08 Å². The van der Waals surface area contributed by atoms with E-state index >= 15 is 0 Å². The van der Waals surface area contributed by atoms with Crippen molar-refractivity contribution in [2.24, 2.45) is 0 Å². The number of aryl methyl sites for hydroxylation is 1. The summed E-state index contributed by atoms with van der Waals surface area (Å²) in [6, 6.07) is 1.59. The molecule has 0 atom stereocenters. The standard InChI is InChI=1S/C13H17NO5S2/c1-4-6-21(17,18)8-11(15)14-12-10(7-9(3)20-12)13(16)19-5-2/h4,7H,1,5-6,8H2,2-3H3,(H,14,15). The molecule has 116 valence electrons. The molecule has 0 radical (unpaired) electrons. The second-order valence-corrected chi connectivity index (χ2v) is 7.58. The topological polar surface area (TPSA) is 89.5 Å². The predicted molar refractivity (Wildman–Crippen MR) is 82.5 cm³/mol. The lowest BCUT2D eigenvalue weighted by Crippen LogP contribution is -2.24. The Labute approximate surface area is 127 Å². The Balaban J connectivity index is 2.86. The van der Waals surface area contributed by atoms with Crippen molar-refractivity contribution in [1.29, 1.82) is 0 Å². The summed E-state index contributed by atoms with van der Waals surface area (Å²) in [5.74, 6) is -2.16. The molecule has 1 rings (SSSR count). The lowest BCUT2D eigenvalue weighted by atomic mass is 10.3. The SMILES string of the molecule is C=CCS(=O)(=O)CC(=O)Nc1sc(C)cc1C(=O)OCC. The quantitative estimate of drug-likeness (QED) is 0.607. The molecular formula is C13H17NO5S2. The second kappa shape index (κ2) is 7.37. The van der Waals surface area contributed by atoms with Crippen molar-refractivity contribution in [1.82, 2.24) is 0 Å². The van der Waals surface area contributed by atoms with Crippen LogP contribution in [0.3, 0.4) is 0 Å². The number of sulfone groups is 1. The van der Waals surface area contributed by atoms with Crippen LogP contribution in [0.15, 0.2) is 18.7 Å². The highest BCUT2D eigenvalue weighted by Gasteiger charge is 2.20. The summed E-state index contributed by atoms with van der Waals surface area (Å²) in [6.45, 7) is 7.00. The van der Waals surface area contributed by atoms with Gasteiger partial charge in [0.1, 0.15) is 10.8 Å². The number of hydrogen-bond acceptors (Lipinski definition) is 6. The molecule has 0 aliphatic rings. The molecule has 8 heteroatoms. The number of carbonyl (C=O) groups excluding carboxylic acids is 2. The van der Waals surface area contributed by atoms with E-state index in [1.54, 1.807) is 19.9 Å². The van der Waals surface area contributed by atoms with Gasteiger partial charge in [-0.2, -0.15) is 0 Å². The summed E-state index contributed by atoms with van der Waals surface area (Å²) in [5, 5.41) is 2.75. The van der Waals surface area contributed by atoms with Crippen molar-refractivity contribution >= 4 is 38.1 Å². The highest BCUT2D eigenvalue weighted by molar-refractivity contribution is 7.92. The number of anilines is 1. The first-order valence-corrected chi connectivity index (χ1v) is 8.81. The van der Waals surface area contributed by atoms with E-state index in [0.717, 1.165) is 4.88 Å². The zero-order valence-electron chi connectivity index (χ0n) is 11.8. The molecule has 1 N–H and O–H groups in total. The lowest BCUT2D eigenvalue weighted by Gasteiger charge is -2.06. The minimum absolute atomic E-state index is 0.217. The van der Waals surface area contributed by atoms with Gasteiger partial charge >= 0.3 is 5.97 Å². The van der Waals surface area contributed by atoms with Crippen LogP contribution >= 0.6 is 11.3 Å². The maximum atomic E-state index is 11.8. The Morgan fingerprint density at radius 3 is 2.71 bits per heavy atom. The van der Waals surface area contributed by atoms with Crippen molar-refractivity contribution in [2.45, 2.75) is 13.8 Å². The molecule has 0 fully saturated rings. The van der Waals surface area contributed by atoms with E-state index in [4.69, 9.17) is 4.74 Å². The first-order valence-electron chi connectivity index (χ1n) is 6.17. The molecule has 1 aromatic rings. The third-order valence-corrected chi connectivity index (χ3v) is 4.74. The molecule has 0 bridgehead atoms. The highest BCUT2D eigenvalue weighted by Crippen LogP contribution is 2.28. The van der Waals surface area contributed by atoms with Crippen molar-refractivity contribution in [3.63, 3.8) is 0 Å². The molecule has 21 heavy (non-hydrogen) atoms. The van der Waals surface area contributed by atoms with Gasteiger partial charge in [0.2, 0.25) is 5.91 Å². The van der Waals surface area contributed by atoms with Crippen LogP contribution in [0.4, 0.5) is 5.00 Å². The minimum Gasteiger partial charge on any atom is -0.462 e. The minimum atomic E-state index is -3.53. The van der Waals surface area contributed by atoms with E-state index in [1.807, 2.05) is 0 Å². The van der Waals surface area contributed by atoms with Crippen LogP contribution in [0.25, 0.3) is 0 Å². The van der Waals surface area contributed by atoms with Crippen LogP contribution in [0.5, 0.6) is 0 Å². The number of rotatable bonds is 7. The molecule has 0 spiro atoms. The van der Waals surface area contributed by atoms with Gasteiger partial charge in [-0.25, -0.2) is 13.2 Å². The third-order valence-electron chi connectivity index (χ3n) is 2.33. The molecule has 0 saturated heterocycles. The summed E-state index contributed by atoms with van der Waals surface area (Å²) < 4.78 is 28.0. The molecular weight excluding hydrogens is 314 g/mol. The van der Waals surface area contributed by atoms with E-state index in [-0.39, 0.29) is 17.9 Å². The van der Waals surface area contributed by atoms with Crippen LogP contribution in [0, 0.1) is 6.92 Å². The van der Waals surface area contributed by atoms with Crippen molar-refractivity contribution < 1.29 is 22.7 Å². The van der Waals surface area contributed by atoms with Crippen LogP contribution in [0.2, 0.25) is 0 Å². The Kier molecular flexibility index (Phi) is 6.10. The van der Waals surface area contributed by atoms with E-state index in [2.05, 4.69) is 11.9 Å². The first kappa shape index (κ1) is 17.4. The van der Waals surface area contributed by atoms with Crippen LogP contribution < -0.4 is 5.32 Å². The van der Waals surface area contributed by atoms with Gasteiger partial charge in [0.15, 0.2) is 9.84 Å². The van der Waals surface area contributed by atoms with Gasteiger partial charge < -0.3 is 10.1 Å². The van der Waals surface area contributed by atoms with Gasteiger partial charge in [-0.05, 0) is 19.9 Å². The molecule has 0 aliphatic heterocycles. The molecule has 0 saturated carbocycles. The number of carbonyl (C=O) groups is 2. The maximum absolute atomic E-state index is 11.8. The number of nitrogens with one attached hydrogen (secondary N) is 1. The van der Waals surface area contributed by atoms with Gasteiger partial charge in [0, 0.05) is 4.88 Å². The summed E-state index contributed by atoms with van der Waals surface area (Å²) in [5.41, 5.74) is 0.230. The predicted octanol–water partition coefficient (Wildman–Crippen LogP) is 1.77. The summed E-state index contributed by atoms with van der Waals surface area (Å²) in [7, 11) is -3.53. The number of ether oxygens (including phenoxy) is 1. The zero-order valence-corrected chi connectivity index (χ0v) is 13.5. The Morgan fingerprint density at radius 2 is 2.14 bits per heavy atom. The summed E-state index contributed by atoms with van der Waals surface area (Å²) in [4.78, 5) is 24.3. The van der Waals surface area contributed by atoms with Gasteiger partial charge in [0.25, 0.3) is 0 Å². The summed E-state index contributed by atoms with van der Waals surface area (Å²) >= 11 is 1.19. The monoisotopic (exact) mass is 331 g/mol. The number of amides is 1. The fourth-order valence-electron chi connectivity index (χ4n) is 1.57. The average molecular weight is 331 g/mol. The van der Waals surface area contributed by atoms with Gasteiger partial charge in [-0.3, -0.25) is 4.79 Å². The lowest BCUT2D eigenvalue weighted by molar-refractivity contribution is -0.113. The highest BCUT2D eigenvalue weighted by atomic mass is 32.2. The molecule has 0 unspecified atom stereocenters. The molecule has 0 aromatic carbocycles. The number of thiophene rings is 1. The molecule has 6 nitrogen and oxygen atoms in total. The maximum Gasteiger partial charge on any atom is 0.341 e. The summed E-state index contributed by atoms with van der Waals surface area (Å²) in [6.07, 6.45) is 1.22. The van der Waals surface area contributed by atoms with Crippen LogP contribution in [0.1, 0.15) is 22.2 Å². The van der Waals surface area contributed by atoms with E-state index in [1.165, 1.54) is 17.4 Å². The van der Waals surface area contributed by atoms with E-state index in [0.29, 0.717) is 5.00 Å². The average Bonchev–Trinajstić information content (AvgIpc) is 2.69. The van der Waals surface area contributed by atoms with Gasteiger partial charge in [-0.15, -0.1) is 17.9 Å². The van der Waals surface area contributed by atoms with Crippen LogP contribution in [-0.4, -0.2) is 38.4 Å². The van der Waals surface area contributed by atoms with Crippen LogP contribution in [-0.2, 0) is 19.4 Å². The van der Waals surface area contributed by atoms with Crippen molar-refractivity contribution in [2.75, 3.05) is 23.4 Å². The number of hydrogen-bond donors (Lipinski definition) is 1. The second-order valence-electron chi connectivity index (χ2n) is 4.21. The zero-order chi connectivity index (χ0) is 16.0. The third kappa shape index (κ3) is 5.31. The fraction of sp³-hybridized carbons (Fsp3) is 0.385. The van der Waals surface area contributed by atoms with E-state index in [9.17, 15) is 18.0 Å².